The number of thiazole rings is 1. The molecule has 9 nitrogen and oxygen atoms in total. The van der Waals surface area contributed by atoms with E-state index in [0.717, 1.165) is 6.20 Å². The van der Waals surface area contributed by atoms with Gasteiger partial charge in [-0.3, -0.25) is 20.2 Å². The third-order valence-corrected chi connectivity index (χ3v) is 3.59. The number of amides is 1. The van der Waals surface area contributed by atoms with Gasteiger partial charge < -0.3 is 10.5 Å². The summed E-state index contributed by atoms with van der Waals surface area (Å²) in [5.41, 5.74) is 5.82. The van der Waals surface area contributed by atoms with Crippen molar-refractivity contribution in [3.63, 3.8) is 0 Å². The number of carbonyl (C=O) groups is 2. The molecule has 2 rings (SSSR count). The van der Waals surface area contributed by atoms with Gasteiger partial charge in [0.2, 0.25) is 0 Å². The fourth-order valence-corrected chi connectivity index (χ4v) is 2.32. The van der Waals surface area contributed by atoms with Crippen LogP contribution in [0.2, 0.25) is 5.02 Å². The van der Waals surface area contributed by atoms with Crippen molar-refractivity contribution >= 4 is 50.6 Å². The molecule has 0 saturated heterocycles. The number of ether oxygens (including phenoxy) is 1. The zero-order valence-corrected chi connectivity index (χ0v) is 12.9. The maximum Gasteiger partial charge on any atom is 0.345 e. The van der Waals surface area contributed by atoms with Crippen LogP contribution < -0.4 is 11.1 Å². The normalized spacial score (nSPS) is 10.1. The largest absolute Gasteiger partial charge is 0.452 e. The van der Waals surface area contributed by atoms with Gasteiger partial charge >= 0.3 is 11.0 Å². The average Bonchev–Trinajstić information content (AvgIpc) is 2.93. The van der Waals surface area contributed by atoms with Gasteiger partial charge in [-0.25, -0.2) is 9.78 Å². The van der Waals surface area contributed by atoms with E-state index in [2.05, 4.69) is 10.3 Å². The zero-order chi connectivity index (χ0) is 17.0. The Labute approximate surface area is 138 Å². The van der Waals surface area contributed by atoms with Gasteiger partial charge in [0.15, 0.2) is 11.7 Å². The van der Waals surface area contributed by atoms with E-state index >= 15 is 0 Å². The number of nitro groups is 1. The molecule has 0 aliphatic rings. The maximum atomic E-state index is 11.8. The summed E-state index contributed by atoms with van der Waals surface area (Å²) in [6.07, 6.45) is 1.01. The highest BCUT2D eigenvalue weighted by molar-refractivity contribution is 7.18. The van der Waals surface area contributed by atoms with Crippen molar-refractivity contribution in [3.8, 4) is 0 Å². The number of hydrogen-bond donors (Lipinski definition) is 2. The molecule has 0 spiro atoms. The van der Waals surface area contributed by atoms with Gasteiger partial charge in [-0.1, -0.05) is 11.6 Å². The van der Waals surface area contributed by atoms with Crippen molar-refractivity contribution in [1.29, 1.82) is 0 Å². The zero-order valence-electron chi connectivity index (χ0n) is 11.3. The van der Waals surface area contributed by atoms with Gasteiger partial charge in [0.05, 0.1) is 10.5 Å². The van der Waals surface area contributed by atoms with E-state index in [-0.39, 0.29) is 21.4 Å². The standard InChI is InChI=1S/C12H9ClN4O5S/c13-6-1-2-7(8(14)3-6)11(19)22-5-9(18)16-12-15-4-10(23-12)17(20)21/h1-4H,5,14H2,(H,15,16,18). The van der Waals surface area contributed by atoms with Crippen LogP contribution in [-0.4, -0.2) is 28.4 Å². The number of aromatic nitrogens is 1. The molecule has 1 heterocycles. The van der Waals surface area contributed by atoms with Crippen LogP contribution in [0, 0.1) is 10.1 Å². The predicted molar refractivity (Wildman–Crippen MR) is 83.5 cm³/mol. The molecule has 0 fully saturated rings. The minimum Gasteiger partial charge on any atom is -0.452 e. The average molecular weight is 357 g/mol. The lowest BCUT2D eigenvalue weighted by atomic mass is 10.2. The fourth-order valence-electron chi connectivity index (χ4n) is 1.49. The number of halogens is 1. The summed E-state index contributed by atoms with van der Waals surface area (Å²) in [6.45, 7) is -0.589. The van der Waals surface area contributed by atoms with Crippen molar-refractivity contribution in [2.45, 2.75) is 0 Å². The molecule has 0 unspecified atom stereocenters. The summed E-state index contributed by atoms with van der Waals surface area (Å²) in [6, 6.07) is 4.22. The third kappa shape index (κ3) is 4.37. The van der Waals surface area contributed by atoms with Crippen LogP contribution in [0.3, 0.4) is 0 Å². The summed E-state index contributed by atoms with van der Waals surface area (Å²) >= 11 is 6.40. The summed E-state index contributed by atoms with van der Waals surface area (Å²) < 4.78 is 4.81. The smallest absolute Gasteiger partial charge is 0.345 e. The molecule has 1 aromatic heterocycles. The van der Waals surface area contributed by atoms with Crippen LogP contribution >= 0.6 is 22.9 Å². The molecular weight excluding hydrogens is 348 g/mol. The summed E-state index contributed by atoms with van der Waals surface area (Å²) in [7, 11) is 0. The Morgan fingerprint density at radius 1 is 1.48 bits per heavy atom. The van der Waals surface area contributed by atoms with Crippen molar-refractivity contribution in [3.05, 3.63) is 45.1 Å². The van der Waals surface area contributed by atoms with Gasteiger partial charge in [0, 0.05) is 10.7 Å². The van der Waals surface area contributed by atoms with Crippen LogP contribution in [0.5, 0.6) is 0 Å². The second kappa shape index (κ2) is 7.03. The number of benzene rings is 1. The molecule has 0 radical (unpaired) electrons. The maximum absolute atomic E-state index is 11.8. The first kappa shape index (κ1) is 16.6. The van der Waals surface area contributed by atoms with E-state index in [1.165, 1.54) is 18.2 Å². The SMILES string of the molecule is Nc1cc(Cl)ccc1C(=O)OCC(=O)Nc1ncc([N+](=O)[O-])s1. The Kier molecular flexibility index (Phi) is 5.09. The van der Waals surface area contributed by atoms with Crippen molar-refractivity contribution in [1.82, 2.24) is 4.98 Å². The molecule has 0 aliphatic carbocycles. The molecule has 1 aromatic carbocycles. The minimum atomic E-state index is -0.792. The van der Waals surface area contributed by atoms with Gasteiger partial charge in [-0.2, -0.15) is 0 Å². The monoisotopic (exact) mass is 356 g/mol. The Balaban J connectivity index is 1.90. The summed E-state index contributed by atoms with van der Waals surface area (Å²) in [4.78, 5) is 37.0. The van der Waals surface area contributed by atoms with Crippen LogP contribution in [0.25, 0.3) is 0 Å². The quantitative estimate of drug-likeness (QED) is 0.362. The molecule has 23 heavy (non-hydrogen) atoms. The number of rotatable bonds is 5. The molecule has 0 saturated carbocycles. The van der Waals surface area contributed by atoms with Crippen molar-refractivity contribution in [2.24, 2.45) is 0 Å². The number of anilines is 2. The fraction of sp³-hybridized carbons (Fsp3) is 0.0833. The first-order chi connectivity index (χ1) is 10.9. The van der Waals surface area contributed by atoms with Gasteiger partial charge in [-0.05, 0) is 29.5 Å². The lowest BCUT2D eigenvalue weighted by Gasteiger charge is -2.06. The van der Waals surface area contributed by atoms with Crippen molar-refractivity contribution in [2.75, 3.05) is 17.7 Å². The molecule has 11 heteroatoms. The van der Waals surface area contributed by atoms with E-state index in [1.807, 2.05) is 0 Å². The Morgan fingerprint density at radius 3 is 2.83 bits per heavy atom. The van der Waals surface area contributed by atoms with Crippen LogP contribution in [0.15, 0.2) is 24.4 Å². The highest BCUT2D eigenvalue weighted by Crippen LogP contribution is 2.24. The first-order valence-corrected chi connectivity index (χ1v) is 7.18. The van der Waals surface area contributed by atoms with E-state index < -0.39 is 23.4 Å². The molecule has 1 amide bonds. The van der Waals surface area contributed by atoms with Gasteiger partial charge in [-0.15, -0.1) is 0 Å². The van der Waals surface area contributed by atoms with E-state index in [1.54, 1.807) is 0 Å². The molecule has 0 aliphatic heterocycles. The number of nitrogens with two attached hydrogens (primary N) is 1. The Bertz CT molecular complexity index is 779. The number of nitrogens with zero attached hydrogens (tertiary/aromatic N) is 2. The number of nitrogen functional groups attached to an aromatic ring is 1. The number of esters is 1. The Morgan fingerprint density at radius 2 is 2.22 bits per heavy atom. The number of hydrogen-bond acceptors (Lipinski definition) is 8. The highest BCUT2D eigenvalue weighted by atomic mass is 35.5. The van der Waals surface area contributed by atoms with E-state index in [9.17, 15) is 19.7 Å². The molecular formula is C12H9ClN4O5S. The summed E-state index contributed by atoms with van der Waals surface area (Å²) in [5.74, 6) is -1.48. The lowest BCUT2D eigenvalue weighted by Crippen LogP contribution is -2.21. The van der Waals surface area contributed by atoms with Gasteiger partial charge in [0.1, 0.15) is 6.20 Å². The van der Waals surface area contributed by atoms with Crippen molar-refractivity contribution < 1.29 is 19.2 Å². The minimum absolute atomic E-state index is 0.0313. The third-order valence-electron chi connectivity index (χ3n) is 2.49. The second-order valence-electron chi connectivity index (χ2n) is 4.12. The summed E-state index contributed by atoms with van der Waals surface area (Å²) in [5, 5.41) is 13.0. The molecule has 3 N–H and O–H groups in total. The van der Waals surface area contributed by atoms with Gasteiger partial charge in [0.25, 0.3) is 5.91 Å². The molecule has 2 aromatic rings. The lowest BCUT2D eigenvalue weighted by molar-refractivity contribution is -0.380. The molecule has 0 atom stereocenters. The van der Waals surface area contributed by atoms with Crippen LogP contribution in [0.4, 0.5) is 15.8 Å². The van der Waals surface area contributed by atoms with E-state index in [4.69, 9.17) is 22.1 Å². The molecule has 120 valence electrons. The number of carbonyl (C=O) groups excluding carboxylic acids is 2. The second-order valence-corrected chi connectivity index (χ2v) is 5.56. The predicted octanol–water partition coefficient (Wildman–Crippen LogP) is 2.08. The van der Waals surface area contributed by atoms with Crippen LogP contribution in [0.1, 0.15) is 10.4 Å². The highest BCUT2D eigenvalue weighted by Gasteiger charge is 2.16. The molecule has 0 bridgehead atoms. The number of nitrogens with one attached hydrogen (secondary N) is 1. The van der Waals surface area contributed by atoms with Crippen LogP contribution in [-0.2, 0) is 9.53 Å². The van der Waals surface area contributed by atoms with E-state index in [0.29, 0.717) is 16.4 Å². The topological polar surface area (TPSA) is 137 Å². The Hall–Kier alpha value is -2.72. The first-order valence-electron chi connectivity index (χ1n) is 5.99.